The smallest absolute Gasteiger partial charge is 0.135 e. The average Bonchev–Trinajstić information content (AvgIpc) is 3.18. The third-order valence-electron chi connectivity index (χ3n) is 5.68. The molecule has 3 heterocycles. The lowest BCUT2D eigenvalue weighted by Crippen LogP contribution is -2.44. The van der Waals surface area contributed by atoms with Gasteiger partial charge in [-0.1, -0.05) is 18.2 Å². The molecule has 0 saturated carbocycles. The van der Waals surface area contributed by atoms with Gasteiger partial charge in [-0.15, -0.1) is 0 Å². The molecule has 5 nitrogen and oxygen atoms in total. The summed E-state index contributed by atoms with van der Waals surface area (Å²) in [6.45, 7) is 4.11. The van der Waals surface area contributed by atoms with Gasteiger partial charge in [0.05, 0.1) is 23.0 Å². The van der Waals surface area contributed by atoms with E-state index in [4.69, 9.17) is 0 Å². The van der Waals surface area contributed by atoms with E-state index in [1.165, 1.54) is 23.9 Å². The number of rotatable bonds is 3. The van der Waals surface area contributed by atoms with Crippen molar-refractivity contribution in [1.29, 1.82) is 0 Å². The molecule has 5 rings (SSSR count). The van der Waals surface area contributed by atoms with Crippen molar-refractivity contribution in [3.05, 3.63) is 66.4 Å². The van der Waals surface area contributed by atoms with Crippen LogP contribution in [0.3, 0.4) is 0 Å². The molecule has 1 saturated heterocycles. The largest absolute Gasteiger partial charge is 0.369 e. The molecule has 1 N–H and O–H groups in total. The number of hydrogen-bond acceptors (Lipinski definition) is 4. The van der Waals surface area contributed by atoms with Gasteiger partial charge in [0.25, 0.3) is 0 Å². The maximum Gasteiger partial charge on any atom is 0.135 e. The van der Waals surface area contributed by atoms with Gasteiger partial charge in [0.15, 0.2) is 0 Å². The van der Waals surface area contributed by atoms with Gasteiger partial charge in [0.2, 0.25) is 0 Å². The van der Waals surface area contributed by atoms with Crippen molar-refractivity contribution >= 4 is 16.6 Å². The molecule has 152 valence electrons. The Labute approximate surface area is 173 Å². The fourth-order valence-electron chi connectivity index (χ4n) is 3.91. The lowest BCUT2D eigenvalue weighted by atomic mass is 10.0. The molecule has 2 aromatic carbocycles. The van der Waals surface area contributed by atoms with Crippen molar-refractivity contribution in [3.63, 3.8) is 0 Å². The Kier molecular flexibility index (Phi) is 4.67. The summed E-state index contributed by atoms with van der Waals surface area (Å²) in [4.78, 5) is 8.92. The minimum atomic E-state index is -0.636. The van der Waals surface area contributed by atoms with Gasteiger partial charge in [-0.3, -0.25) is 10.1 Å². The molecule has 7 heteroatoms. The van der Waals surface area contributed by atoms with Crippen LogP contribution in [0.25, 0.3) is 33.4 Å². The number of H-pyrrole nitrogens is 1. The zero-order chi connectivity index (χ0) is 20.7. The Hall–Kier alpha value is -3.32. The molecule has 0 radical (unpaired) electrons. The summed E-state index contributed by atoms with van der Waals surface area (Å²) in [5, 5.41) is 8.16. The van der Waals surface area contributed by atoms with E-state index in [0.29, 0.717) is 5.52 Å². The van der Waals surface area contributed by atoms with Crippen molar-refractivity contribution in [2.75, 3.05) is 38.1 Å². The molecule has 1 aliphatic rings. The zero-order valence-electron chi connectivity index (χ0n) is 16.6. The zero-order valence-corrected chi connectivity index (χ0v) is 16.6. The second-order valence-electron chi connectivity index (χ2n) is 7.62. The van der Waals surface area contributed by atoms with Gasteiger partial charge in [-0.25, -0.2) is 8.78 Å². The number of anilines is 1. The lowest BCUT2D eigenvalue weighted by molar-refractivity contribution is 0.313. The Morgan fingerprint density at radius 2 is 1.63 bits per heavy atom. The van der Waals surface area contributed by atoms with E-state index in [1.807, 2.05) is 12.1 Å². The predicted molar refractivity (Wildman–Crippen MR) is 114 cm³/mol. The quantitative estimate of drug-likeness (QED) is 0.551. The minimum absolute atomic E-state index is 0.128. The molecule has 2 aromatic heterocycles. The van der Waals surface area contributed by atoms with Gasteiger partial charge in [-0.2, -0.15) is 5.10 Å². The molecular formula is C23H21F2N5. The molecular weight excluding hydrogens is 384 g/mol. The van der Waals surface area contributed by atoms with E-state index < -0.39 is 11.6 Å². The number of likely N-dealkylation sites (N-methyl/N-ethyl adjacent to an activating group) is 1. The molecule has 0 unspecified atom stereocenters. The van der Waals surface area contributed by atoms with Crippen molar-refractivity contribution in [2.24, 2.45) is 0 Å². The van der Waals surface area contributed by atoms with Crippen molar-refractivity contribution in [1.82, 2.24) is 20.1 Å². The average molecular weight is 405 g/mol. The topological polar surface area (TPSA) is 48.0 Å². The van der Waals surface area contributed by atoms with E-state index >= 15 is 0 Å². The van der Waals surface area contributed by atoms with Crippen LogP contribution in [0.1, 0.15) is 0 Å². The second-order valence-corrected chi connectivity index (χ2v) is 7.62. The van der Waals surface area contributed by atoms with Crippen LogP contribution in [0, 0.1) is 11.6 Å². The first-order chi connectivity index (χ1) is 14.6. The molecule has 0 bridgehead atoms. The molecule has 0 spiro atoms. The normalized spacial score (nSPS) is 15.1. The maximum absolute atomic E-state index is 14.2. The van der Waals surface area contributed by atoms with E-state index in [2.05, 4.69) is 44.2 Å². The molecule has 30 heavy (non-hydrogen) atoms. The summed E-state index contributed by atoms with van der Waals surface area (Å²) in [6, 6.07) is 13.8. The number of benzene rings is 2. The summed E-state index contributed by atoms with van der Waals surface area (Å²) in [7, 11) is 2.14. The van der Waals surface area contributed by atoms with E-state index in [9.17, 15) is 8.78 Å². The Morgan fingerprint density at radius 1 is 0.933 bits per heavy atom. The summed E-state index contributed by atoms with van der Waals surface area (Å²) in [5.41, 5.74) is 3.68. The number of piperazine rings is 1. The van der Waals surface area contributed by atoms with Crippen LogP contribution >= 0.6 is 0 Å². The molecule has 4 aromatic rings. The highest BCUT2D eigenvalue weighted by Crippen LogP contribution is 2.32. The van der Waals surface area contributed by atoms with Gasteiger partial charge in [-0.05, 0) is 37.4 Å². The SMILES string of the molecule is CN1CCN(c2ccc(-c3n[nH]c4cnc(-c5c(F)cccc5F)cc34)cc2)CC1. The summed E-state index contributed by atoms with van der Waals surface area (Å²) in [6.07, 6.45) is 1.56. The molecule has 0 atom stereocenters. The van der Waals surface area contributed by atoms with Crippen LogP contribution in [-0.2, 0) is 0 Å². The fraction of sp³-hybridized carbons (Fsp3) is 0.217. The maximum atomic E-state index is 14.2. The van der Waals surface area contributed by atoms with Gasteiger partial charge in [0.1, 0.15) is 17.3 Å². The van der Waals surface area contributed by atoms with Crippen molar-refractivity contribution in [3.8, 4) is 22.5 Å². The number of pyridine rings is 1. The highest BCUT2D eigenvalue weighted by molar-refractivity contribution is 5.94. The van der Waals surface area contributed by atoms with Crippen LogP contribution < -0.4 is 4.90 Å². The van der Waals surface area contributed by atoms with E-state index in [-0.39, 0.29) is 11.3 Å². The number of aromatic amines is 1. The Morgan fingerprint density at radius 3 is 2.33 bits per heavy atom. The number of hydrogen-bond donors (Lipinski definition) is 1. The first kappa shape index (κ1) is 18.7. The summed E-state index contributed by atoms with van der Waals surface area (Å²) < 4.78 is 28.4. The van der Waals surface area contributed by atoms with Crippen LogP contribution in [-0.4, -0.2) is 53.3 Å². The fourth-order valence-corrected chi connectivity index (χ4v) is 3.91. The Balaban J connectivity index is 1.50. The number of halogens is 2. The minimum Gasteiger partial charge on any atom is -0.369 e. The monoisotopic (exact) mass is 405 g/mol. The van der Waals surface area contributed by atoms with Crippen molar-refractivity contribution in [2.45, 2.75) is 0 Å². The van der Waals surface area contributed by atoms with Crippen LogP contribution in [0.4, 0.5) is 14.5 Å². The highest BCUT2D eigenvalue weighted by atomic mass is 19.1. The lowest BCUT2D eigenvalue weighted by Gasteiger charge is -2.34. The highest BCUT2D eigenvalue weighted by Gasteiger charge is 2.17. The Bertz CT molecular complexity index is 1170. The van der Waals surface area contributed by atoms with Gasteiger partial charge < -0.3 is 9.80 Å². The number of fused-ring (bicyclic) bond motifs is 1. The van der Waals surface area contributed by atoms with Gasteiger partial charge in [0, 0.05) is 42.8 Å². The standard InChI is InChI=1S/C23H21F2N5/c1-29-9-11-30(12-10-29)16-7-5-15(6-8-16)23-17-13-20(26-14-21(17)27-28-23)22-18(24)3-2-4-19(22)25/h2-8,13-14H,9-12H2,1H3,(H,27,28). The van der Waals surface area contributed by atoms with Crippen LogP contribution in [0.2, 0.25) is 0 Å². The third-order valence-corrected chi connectivity index (χ3v) is 5.68. The predicted octanol–water partition coefficient (Wildman–Crippen LogP) is 4.32. The van der Waals surface area contributed by atoms with Crippen LogP contribution in [0.15, 0.2) is 54.7 Å². The molecule has 0 amide bonds. The molecule has 0 aliphatic carbocycles. The van der Waals surface area contributed by atoms with Gasteiger partial charge >= 0.3 is 0 Å². The van der Waals surface area contributed by atoms with E-state index in [1.54, 1.807) is 12.3 Å². The molecule has 1 fully saturated rings. The number of nitrogens with one attached hydrogen (secondary N) is 1. The first-order valence-electron chi connectivity index (χ1n) is 9.92. The third kappa shape index (κ3) is 3.31. The first-order valence-corrected chi connectivity index (χ1v) is 9.92. The second kappa shape index (κ2) is 7.50. The summed E-state index contributed by atoms with van der Waals surface area (Å²) in [5.74, 6) is -1.27. The number of nitrogens with zero attached hydrogens (tertiary/aromatic N) is 4. The van der Waals surface area contributed by atoms with Crippen molar-refractivity contribution < 1.29 is 8.78 Å². The number of aromatic nitrogens is 3. The van der Waals surface area contributed by atoms with E-state index in [0.717, 1.165) is 42.8 Å². The summed E-state index contributed by atoms with van der Waals surface area (Å²) >= 11 is 0. The molecule has 1 aliphatic heterocycles. The van der Waals surface area contributed by atoms with Crippen LogP contribution in [0.5, 0.6) is 0 Å².